The molecule has 12 heteroatoms. The van der Waals surface area contributed by atoms with E-state index in [2.05, 4.69) is 31.9 Å². The van der Waals surface area contributed by atoms with Crippen molar-refractivity contribution in [1.29, 1.82) is 0 Å². The summed E-state index contributed by atoms with van der Waals surface area (Å²) < 4.78 is 0.630. The molecule has 3 heterocycles. The highest BCUT2D eigenvalue weighted by molar-refractivity contribution is 9.10. The fraction of sp³-hybridized carbons (Fsp3) is 0.385. The lowest BCUT2D eigenvalue weighted by Gasteiger charge is -2.50. The molecule has 1 N–H and O–H groups in total. The van der Waals surface area contributed by atoms with Gasteiger partial charge in [-0.1, -0.05) is 49.6 Å². The molecule has 38 heavy (non-hydrogen) atoms. The van der Waals surface area contributed by atoms with E-state index in [0.29, 0.717) is 15.6 Å². The van der Waals surface area contributed by atoms with Crippen molar-refractivity contribution in [3.8, 4) is 5.75 Å². The zero-order chi connectivity index (χ0) is 27.1. The Morgan fingerprint density at radius 2 is 1.82 bits per heavy atom. The second kappa shape index (κ2) is 9.16. The molecule has 4 aliphatic rings. The van der Waals surface area contributed by atoms with Gasteiger partial charge in [0.2, 0.25) is 11.8 Å². The van der Waals surface area contributed by atoms with Gasteiger partial charge in [-0.2, -0.15) is 0 Å². The molecule has 1 aromatic carbocycles. The maximum absolute atomic E-state index is 13.8. The number of phenolic OH excluding ortho intramolecular Hbond substituents is 1. The summed E-state index contributed by atoms with van der Waals surface area (Å²) in [5.41, 5.74) is 0.855. The molecule has 0 spiro atoms. The monoisotopic (exact) mass is 700 g/mol. The lowest BCUT2D eigenvalue weighted by Crippen LogP contribution is -2.60. The van der Waals surface area contributed by atoms with Gasteiger partial charge in [0.1, 0.15) is 5.75 Å². The number of carbonyl (C=O) groups excluding carboxylic acids is 4. The number of hydrogen-bond donors (Lipinski definition) is 1. The van der Waals surface area contributed by atoms with Crippen molar-refractivity contribution in [1.82, 2.24) is 9.80 Å². The fourth-order valence-corrected chi connectivity index (χ4v) is 9.12. The van der Waals surface area contributed by atoms with Crippen LogP contribution < -0.4 is 0 Å². The molecule has 1 saturated carbocycles. The number of aromatic hydroxyl groups is 1. The summed E-state index contributed by atoms with van der Waals surface area (Å²) in [6, 6.07) is 8.51. The van der Waals surface area contributed by atoms with Crippen LogP contribution in [0.4, 0.5) is 0 Å². The van der Waals surface area contributed by atoms with Crippen molar-refractivity contribution in [2.75, 3.05) is 5.45 Å². The second-order valence-electron chi connectivity index (χ2n) is 10.0. The molecular formula is C26H20Br2Cl2N2O5S. The highest BCUT2D eigenvalue weighted by Crippen LogP contribution is 2.66. The smallest absolute Gasteiger partial charge is 0.254 e. The molecule has 0 unspecified atom stereocenters. The first-order valence-corrected chi connectivity index (χ1v) is 15.5. The van der Waals surface area contributed by atoms with Gasteiger partial charge >= 0.3 is 0 Å². The highest BCUT2D eigenvalue weighted by Gasteiger charge is 2.76. The number of alkyl halides is 3. The predicted molar refractivity (Wildman–Crippen MR) is 149 cm³/mol. The molecule has 7 nitrogen and oxygen atoms in total. The third-order valence-corrected chi connectivity index (χ3v) is 11.6. The van der Waals surface area contributed by atoms with Gasteiger partial charge in [0.05, 0.1) is 23.8 Å². The Balaban J connectivity index is 1.51. The lowest BCUT2D eigenvalue weighted by molar-refractivity contribution is -0.141. The van der Waals surface area contributed by atoms with Crippen LogP contribution >= 0.6 is 66.4 Å². The summed E-state index contributed by atoms with van der Waals surface area (Å²) >= 11 is 22.4. The second-order valence-corrected chi connectivity index (χ2v) is 13.7. The van der Waals surface area contributed by atoms with Crippen LogP contribution in [-0.4, -0.2) is 53.7 Å². The molecule has 3 fully saturated rings. The summed E-state index contributed by atoms with van der Waals surface area (Å²) in [6.07, 6.45) is 2.04. The van der Waals surface area contributed by atoms with E-state index >= 15 is 0 Å². The van der Waals surface area contributed by atoms with E-state index in [1.165, 1.54) is 22.3 Å². The molecule has 1 aromatic heterocycles. The first-order chi connectivity index (χ1) is 18.0. The highest BCUT2D eigenvalue weighted by atomic mass is 79.9. The zero-order valence-electron chi connectivity index (χ0n) is 19.6. The molecule has 198 valence electrons. The summed E-state index contributed by atoms with van der Waals surface area (Å²) in [5, 5.41) is 12.8. The van der Waals surface area contributed by atoms with Gasteiger partial charge in [0, 0.05) is 20.8 Å². The summed E-state index contributed by atoms with van der Waals surface area (Å²) in [4.78, 5) is 53.9. The van der Waals surface area contributed by atoms with Crippen LogP contribution in [0.2, 0.25) is 0 Å². The summed E-state index contributed by atoms with van der Waals surface area (Å²) in [5.74, 6) is -5.02. The Bertz CT molecular complexity index is 1430. The number of rotatable bonds is 4. The molecule has 6 atom stereocenters. The van der Waals surface area contributed by atoms with Crippen LogP contribution in [0.15, 0.2) is 51.8 Å². The van der Waals surface area contributed by atoms with E-state index in [1.807, 2.05) is 23.6 Å². The van der Waals surface area contributed by atoms with Gasteiger partial charge in [-0.25, -0.2) is 0 Å². The molecule has 0 bridgehead atoms. The minimum absolute atomic E-state index is 0.0870. The minimum Gasteiger partial charge on any atom is -0.508 e. The molecule has 2 aliphatic carbocycles. The van der Waals surface area contributed by atoms with Crippen LogP contribution in [0.25, 0.3) is 0 Å². The van der Waals surface area contributed by atoms with Crippen LogP contribution in [0.3, 0.4) is 0 Å². The molecule has 4 amide bonds. The van der Waals surface area contributed by atoms with Gasteiger partial charge in [-0.15, -0.1) is 34.5 Å². The van der Waals surface area contributed by atoms with Gasteiger partial charge in [-0.05, 0) is 48.4 Å². The number of hydrogen-bond acceptors (Lipinski definition) is 6. The number of benzene rings is 1. The van der Waals surface area contributed by atoms with Crippen LogP contribution in [0.1, 0.15) is 29.2 Å². The maximum Gasteiger partial charge on any atom is 0.254 e. The maximum atomic E-state index is 13.8. The SMILES string of the molecule is O=C1[C@H]2[C@H](CC=C3[C@H]2C[C@@]2(Cl)C(=O)N(CBr)C(=O)[C@@]2(Cl)[C@H]3c2cc(Br)ccc2O)C(=O)N1Cc1cccs1. The number of halogens is 4. The number of fused-ring (bicyclic) bond motifs is 4. The normalized spacial score (nSPS) is 34.4. The Labute approximate surface area is 249 Å². The Hall–Kier alpha value is -1.72. The van der Waals surface area contributed by atoms with Gasteiger partial charge < -0.3 is 5.11 Å². The Morgan fingerprint density at radius 1 is 1.05 bits per heavy atom. The first kappa shape index (κ1) is 26.5. The third-order valence-electron chi connectivity index (χ3n) is 8.30. The standard InChI is InChI=1S/C26H20Br2Cl2N2O5S/c27-11-32-23(36)25(29)9-17-14(20(26(25,30)24(32)37)16-8-12(28)3-6-18(16)33)4-5-15-19(17)22(35)31(21(15)34)10-13-2-1-7-38-13/h1-4,6-8,15,17,19-20,33H,5,9-11H2/t15-,17+,19-,20+,25+,26-/m0/s1. The van der Waals surface area contributed by atoms with Gasteiger partial charge in [-0.3, -0.25) is 29.0 Å². The third kappa shape index (κ3) is 3.43. The van der Waals surface area contributed by atoms with E-state index < -0.39 is 45.2 Å². The van der Waals surface area contributed by atoms with E-state index in [9.17, 15) is 24.3 Å². The van der Waals surface area contributed by atoms with Crippen molar-refractivity contribution in [3.63, 3.8) is 0 Å². The van der Waals surface area contributed by atoms with E-state index in [-0.39, 0.29) is 42.4 Å². The number of phenols is 1. The minimum atomic E-state index is -1.95. The Kier molecular flexibility index (Phi) is 6.39. The summed E-state index contributed by atoms with van der Waals surface area (Å²) in [6.45, 7) is 0.181. The Morgan fingerprint density at radius 3 is 2.50 bits per heavy atom. The van der Waals surface area contributed by atoms with Crippen molar-refractivity contribution >= 4 is 90.0 Å². The average molecular weight is 703 g/mol. The lowest BCUT2D eigenvalue weighted by atomic mass is 9.56. The number of nitrogens with zero attached hydrogens (tertiary/aromatic N) is 2. The summed E-state index contributed by atoms with van der Waals surface area (Å²) in [7, 11) is 0. The van der Waals surface area contributed by atoms with Crippen LogP contribution in [0.5, 0.6) is 5.75 Å². The quantitative estimate of drug-likeness (QED) is 0.207. The van der Waals surface area contributed by atoms with Gasteiger partial charge in [0.15, 0.2) is 9.75 Å². The van der Waals surface area contributed by atoms with Crippen molar-refractivity contribution in [2.45, 2.75) is 35.1 Å². The zero-order valence-corrected chi connectivity index (χ0v) is 25.1. The van der Waals surface area contributed by atoms with Crippen LogP contribution in [-0.2, 0) is 25.7 Å². The van der Waals surface area contributed by atoms with Crippen molar-refractivity contribution in [2.24, 2.45) is 17.8 Å². The van der Waals surface area contributed by atoms with Crippen molar-refractivity contribution < 1.29 is 24.3 Å². The van der Waals surface area contributed by atoms with E-state index in [0.717, 1.165) is 9.78 Å². The number of likely N-dealkylation sites (tertiary alicyclic amines) is 2. The largest absolute Gasteiger partial charge is 0.508 e. The van der Waals surface area contributed by atoms with E-state index in [1.54, 1.807) is 12.1 Å². The van der Waals surface area contributed by atoms with E-state index in [4.69, 9.17) is 23.2 Å². The fourth-order valence-electron chi connectivity index (χ4n) is 6.63. The number of carbonyl (C=O) groups is 4. The molecule has 2 saturated heterocycles. The molecule has 2 aromatic rings. The van der Waals surface area contributed by atoms with Crippen LogP contribution in [0, 0.1) is 17.8 Å². The van der Waals surface area contributed by atoms with Crippen molar-refractivity contribution in [3.05, 3.63) is 62.3 Å². The molecule has 0 radical (unpaired) electrons. The van der Waals surface area contributed by atoms with Gasteiger partial charge in [0.25, 0.3) is 11.8 Å². The topological polar surface area (TPSA) is 95.0 Å². The number of allylic oxidation sites excluding steroid dienone is 2. The average Bonchev–Trinajstić information content (AvgIpc) is 3.52. The predicted octanol–water partition coefficient (Wildman–Crippen LogP) is 5.13. The molecule has 6 rings (SSSR count). The first-order valence-electron chi connectivity index (χ1n) is 11.9. The molecular weight excluding hydrogens is 683 g/mol. The number of imide groups is 2. The number of thiophene rings is 1. The molecule has 2 aliphatic heterocycles. The number of amides is 4.